The summed E-state index contributed by atoms with van der Waals surface area (Å²) >= 11 is 0. The Morgan fingerprint density at radius 3 is 3.10 bits per heavy atom. The Balaban J connectivity index is 2.54. The zero-order valence-electron chi connectivity index (χ0n) is 6.05. The molecule has 0 radical (unpaired) electrons. The second-order valence-corrected chi connectivity index (χ2v) is 1.74. The van der Waals surface area contributed by atoms with Gasteiger partial charge in [0.15, 0.2) is 0 Å². The first-order valence-electron chi connectivity index (χ1n) is 3.00. The lowest BCUT2D eigenvalue weighted by Crippen LogP contribution is -2.56. The SMILES string of the molecule is CN=C1C=CNN(NC)N1. The molecule has 0 aromatic heterocycles. The summed E-state index contributed by atoms with van der Waals surface area (Å²) in [6, 6.07) is 0. The predicted octanol–water partition coefficient (Wildman–Crippen LogP) is -1.01. The topological polar surface area (TPSA) is 51.7 Å². The van der Waals surface area contributed by atoms with E-state index in [0.29, 0.717) is 0 Å². The van der Waals surface area contributed by atoms with Gasteiger partial charge in [0.25, 0.3) is 0 Å². The monoisotopic (exact) mass is 141 g/mol. The summed E-state index contributed by atoms with van der Waals surface area (Å²) in [6.07, 6.45) is 3.63. The number of hydrazine groups is 3. The minimum Gasteiger partial charge on any atom is -0.295 e. The molecular formula is C5H11N5. The van der Waals surface area contributed by atoms with Gasteiger partial charge in [-0.15, -0.1) is 0 Å². The fourth-order valence-electron chi connectivity index (χ4n) is 0.620. The van der Waals surface area contributed by atoms with Gasteiger partial charge < -0.3 is 0 Å². The van der Waals surface area contributed by atoms with Crippen LogP contribution in [0.15, 0.2) is 17.3 Å². The molecule has 0 bridgehead atoms. The zero-order chi connectivity index (χ0) is 7.40. The zero-order valence-corrected chi connectivity index (χ0v) is 6.05. The Kier molecular flexibility index (Phi) is 2.24. The molecule has 0 fully saturated rings. The van der Waals surface area contributed by atoms with Crippen molar-refractivity contribution in [1.29, 1.82) is 0 Å². The average Bonchev–Trinajstić information content (AvgIpc) is 2.05. The molecule has 5 heteroatoms. The molecule has 0 atom stereocenters. The number of hydrogen-bond donors (Lipinski definition) is 3. The van der Waals surface area contributed by atoms with Crippen molar-refractivity contribution in [3.8, 4) is 0 Å². The van der Waals surface area contributed by atoms with Crippen molar-refractivity contribution in [3.63, 3.8) is 0 Å². The van der Waals surface area contributed by atoms with Gasteiger partial charge >= 0.3 is 0 Å². The predicted molar refractivity (Wildman–Crippen MR) is 39.7 cm³/mol. The van der Waals surface area contributed by atoms with E-state index in [1.54, 1.807) is 25.5 Å². The van der Waals surface area contributed by atoms with E-state index in [9.17, 15) is 0 Å². The molecule has 56 valence electrons. The van der Waals surface area contributed by atoms with E-state index in [2.05, 4.69) is 21.3 Å². The van der Waals surface area contributed by atoms with Gasteiger partial charge in [0, 0.05) is 20.3 Å². The Morgan fingerprint density at radius 1 is 1.70 bits per heavy atom. The molecule has 1 aliphatic rings. The van der Waals surface area contributed by atoms with Crippen LogP contribution in [0, 0.1) is 0 Å². The lowest BCUT2D eigenvalue weighted by molar-refractivity contribution is 0.116. The van der Waals surface area contributed by atoms with Crippen molar-refractivity contribution in [2.24, 2.45) is 4.99 Å². The number of amidine groups is 1. The van der Waals surface area contributed by atoms with Crippen LogP contribution < -0.4 is 16.3 Å². The van der Waals surface area contributed by atoms with E-state index in [0.717, 1.165) is 5.84 Å². The van der Waals surface area contributed by atoms with E-state index >= 15 is 0 Å². The minimum absolute atomic E-state index is 0.813. The molecule has 0 aromatic carbocycles. The molecule has 0 amide bonds. The molecule has 10 heavy (non-hydrogen) atoms. The average molecular weight is 141 g/mol. The summed E-state index contributed by atoms with van der Waals surface area (Å²) in [5.74, 6) is 0.813. The second-order valence-electron chi connectivity index (χ2n) is 1.74. The van der Waals surface area contributed by atoms with Crippen LogP contribution in [0.1, 0.15) is 0 Å². The van der Waals surface area contributed by atoms with Crippen molar-refractivity contribution in [2.45, 2.75) is 0 Å². The molecule has 5 nitrogen and oxygen atoms in total. The highest BCUT2D eigenvalue weighted by atomic mass is 15.9. The van der Waals surface area contributed by atoms with Crippen molar-refractivity contribution >= 4 is 5.84 Å². The van der Waals surface area contributed by atoms with E-state index in [1.165, 1.54) is 0 Å². The van der Waals surface area contributed by atoms with Crippen molar-refractivity contribution in [2.75, 3.05) is 14.1 Å². The summed E-state index contributed by atoms with van der Waals surface area (Å²) in [4.78, 5) is 3.94. The Bertz CT molecular complexity index is 161. The summed E-state index contributed by atoms with van der Waals surface area (Å²) in [5, 5.41) is 1.60. The summed E-state index contributed by atoms with van der Waals surface area (Å²) in [5.41, 5.74) is 8.66. The van der Waals surface area contributed by atoms with E-state index in [4.69, 9.17) is 0 Å². The Morgan fingerprint density at radius 2 is 2.50 bits per heavy atom. The van der Waals surface area contributed by atoms with Crippen LogP contribution in [0.3, 0.4) is 0 Å². The molecule has 1 heterocycles. The first-order chi connectivity index (χ1) is 4.86. The maximum Gasteiger partial charge on any atom is 0.139 e. The van der Waals surface area contributed by atoms with Gasteiger partial charge in [-0.2, -0.15) is 0 Å². The fourth-order valence-corrected chi connectivity index (χ4v) is 0.620. The van der Waals surface area contributed by atoms with Crippen LogP contribution in [-0.4, -0.2) is 25.2 Å². The molecule has 1 rings (SSSR count). The molecule has 0 spiro atoms. The lowest BCUT2D eigenvalue weighted by atomic mass is 10.5. The van der Waals surface area contributed by atoms with Crippen molar-refractivity contribution in [1.82, 2.24) is 21.5 Å². The van der Waals surface area contributed by atoms with Gasteiger partial charge in [-0.25, -0.2) is 5.43 Å². The van der Waals surface area contributed by atoms with Crippen LogP contribution >= 0.6 is 0 Å². The van der Waals surface area contributed by atoms with Gasteiger partial charge in [-0.05, 0) is 6.08 Å². The molecule has 0 unspecified atom stereocenters. The van der Waals surface area contributed by atoms with Gasteiger partial charge in [-0.3, -0.25) is 15.8 Å². The van der Waals surface area contributed by atoms with Gasteiger partial charge in [0.05, 0.1) is 0 Å². The Labute approximate surface area is 59.7 Å². The number of aliphatic imine (C=N–C) groups is 1. The number of nitrogens with one attached hydrogen (secondary N) is 3. The third-order valence-corrected chi connectivity index (χ3v) is 1.14. The van der Waals surface area contributed by atoms with Gasteiger partial charge in [0.1, 0.15) is 5.84 Å². The minimum atomic E-state index is 0.813. The molecule has 1 aliphatic heterocycles. The van der Waals surface area contributed by atoms with Crippen LogP contribution in [0.2, 0.25) is 0 Å². The van der Waals surface area contributed by atoms with Crippen LogP contribution in [0.25, 0.3) is 0 Å². The van der Waals surface area contributed by atoms with Gasteiger partial charge in [0.2, 0.25) is 0 Å². The molecule has 0 aromatic rings. The maximum atomic E-state index is 3.94. The summed E-state index contributed by atoms with van der Waals surface area (Å²) in [6.45, 7) is 0. The lowest BCUT2D eigenvalue weighted by Gasteiger charge is -2.25. The van der Waals surface area contributed by atoms with E-state index in [-0.39, 0.29) is 0 Å². The molecule has 0 saturated heterocycles. The fraction of sp³-hybridized carbons (Fsp3) is 0.400. The van der Waals surface area contributed by atoms with Crippen molar-refractivity contribution in [3.05, 3.63) is 12.3 Å². The normalized spacial score (nSPS) is 22.4. The summed E-state index contributed by atoms with van der Waals surface area (Å²) < 4.78 is 0. The molecule has 0 aliphatic carbocycles. The van der Waals surface area contributed by atoms with Crippen LogP contribution in [-0.2, 0) is 0 Å². The third-order valence-electron chi connectivity index (χ3n) is 1.14. The number of nitrogens with zero attached hydrogens (tertiary/aromatic N) is 2. The first-order valence-corrected chi connectivity index (χ1v) is 3.00. The maximum absolute atomic E-state index is 3.94. The van der Waals surface area contributed by atoms with E-state index in [1.807, 2.05) is 6.08 Å². The first kappa shape index (κ1) is 7.04. The van der Waals surface area contributed by atoms with Crippen LogP contribution in [0.4, 0.5) is 0 Å². The third kappa shape index (κ3) is 1.46. The molecule has 3 N–H and O–H groups in total. The Hall–Kier alpha value is -1.07. The largest absolute Gasteiger partial charge is 0.295 e. The standard InChI is InChI=1S/C5H11N5/c1-6-5-3-4-8-10(7-2)9-5/h3-4,7-8H,1-2H3,(H,6,9). The number of rotatable bonds is 1. The van der Waals surface area contributed by atoms with Gasteiger partial charge in [-0.1, -0.05) is 5.23 Å². The van der Waals surface area contributed by atoms with E-state index < -0.39 is 0 Å². The highest BCUT2D eigenvalue weighted by Gasteiger charge is 2.03. The highest BCUT2D eigenvalue weighted by molar-refractivity contribution is 5.92. The summed E-state index contributed by atoms with van der Waals surface area (Å²) in [7, 11) is 3.53. The second kappa shape index (κ2) is 3.19. The number of hydrogen-bond acceptors (Lipinski definition) is 4. The van der Waals surface area contributed by atoms with Crippen LogP contribution in [0.5, 0.6) is 0 Å². The highest BCUT2D eigenvalue weighted by Crippen LogP contribution is 1.82. The van der Waals surface area contributed by atoms with Crippen molar-refractivity contribution < 1.29 is 0 Å². The molecule has 0 saturated carbocycles. The molecular weight excluding hydrogens is 130 g/mol. The quantitative estimate of drug-likeness (QED) is 0.438. The smallest absolute Gasteiger partial charge is 0.139 e.